The third kappa shape index (κ3) is 2.53. The van der Waals surface area contributed by atoms with E-state index in [9.17, 15) is 17.6 Å². The molecule has 18 heavy (non-hydrogen) atoms. The van der Waals surface area contributed by atoms with Gasteiger partial charge in [0.15, 0.2) is 0 Å². The van der Waals surface area contributed by atoms with Crippen molar-refractivity contribution in [3.63, 3.8) is 0 Å². The van der Waals surface area contributed by atoms with Crippen LogP contribution < -0.4 is 0 Å². The van der Waals surface area contributed by atoms with Gasteiger partial charge in [-0.3, -0.25) is 0 Å². The third-order valence-corrected chi connectivity index (χ3v) is 2.62. The highest BCUT2D eigenvalue weighted by Gasteiger charge is 2.34. The standard InChI is InChI=1S/C14H10F4/c1-9-3-2-4-10(7-9)11-5-6-13(15)12(8-11)14(16,17)18/h2-8H,1H3. The zero-order valence-corrected chi connectivity index (χ0v) is 9.55. The van der Waals surface area contributed by atoms with Gasteiger partial charge in [-0.2, -0.15) is 13.2 Å². The van der Waals surface area contributed by atoms with E-state index in [4.69, 9.17) is 0 Å². The van der Waals surface area contributed by atoms with Crippen LogP contribution in [0.25, 0.3) is 11.1 Å². The number of hydrogen-bond donors (Lipinski definition) is 0. The second-order valence-electron chi connectivity index (χ2n) is 4.06. The lowest BCUT2D eigenvalue weighted by Gasteiger charge is -2.10. The van der Waals surface area contributed by atoms with Gasteiger partial charge < -0.3 is 0 Å². The van der Waals surface area contributed by atoms with Gasteiger partial charge in [0.25, 0.3) is 0 Å². The minimum atomic E-state index is -4.68. The lowest BCUT2D eigenvalue weighted by molar-refractivity contribution is -0.139. The smallest absolute Gasteiger partial charge is 0.206 e. The van der Waals surface area contributed by atoms with Crippen LogP contribution in [0.1, 0.15) is 11.1 Å². The molecule has 0 N–H and O–H groups in total. The van der Waals surface area contributed by atoms with Crippen LogP contribution in [0.5, 0.6) is 0 Å². The van der Waals surface area contributed by atoms with E-state index in [-0.39, 0.29) is 0 Å². The molecule has 0 aliphatic heterocycles. The first-order valence-corrected chi connectivity index (χ1v) is 5.32. The minimum absolute atomic E-state index is 0.354. The first-order chi connectivity index (χ1) is 8.38. The van der Waals surface area contributed by atoms with Crippen LogP contribution in [0.2, 0.25) is 0 Å². The van der Waals surface area contributed by atoms with Crippen molar-refractivity contribution in [2.45, 2.75) is 13.1 Å². The summed E-state index contributed by atoms with van der Waals surface area (Å²) >= 11 is 0. The second-order valence-corrected chi connectivity index (χ2v) is 4.06. The molecule has 94 valence electrons. The van der Waals surface area contributed by atoms with E-state index in [0.29, 0.717) is 11.1 Å². The van der Waals surface area contributed by atoms with Crippen molar-refractivity contribution >= 4 is 0 Å². The first kappa shape index (κ1) is 12.6. The van der Waals surface area contributed by atoms with E-state index in [1.807, 2.05) is 13.0 Å². The number of aryl methyl sites for hydroxylation is 1. The van der Waals surface area contributed by atoms with Crippen molar-refractivity contribution in [3.8, 4) is 11.1 Å². The summed E-state index contributed by atoms with van der Waals surface area (Å²) in [6.45, 7) is 1.84. The predicted octanol–water partition coefficient (Wildman–Crippen LogP) is 4.82. The van der Waals surface area contributed by atoms with E-state index in [0.717, 1.165) is 17.7 Å². The summed E-state index contributed by atoms with van der Waals surface area (Å²) in [4.78, 5) is 0. The Morgan fingerprint density at radius 2 is 1.56 bits per heavy atom. The van der Waals surface area contributed by atoms with Crippen LogP contribution in [0, 0.1) is 12.7 Å². The maximum Gasteiger partial charge on any atom is 0.419 e. The molecule has 0 radical (unpaired) electrons. The number of alkyl halides is 3. The van der Waals surface area contributed by atoms with Gasteiger partial charge >= 0.3 is 6.18 Å². The van der Waals surface area contributed by atoms with Crippen molar-refractivity contribution in [3.05, 3.63) is 59.4 Å². The topological polar surface area (TPSA) is 0 Å². The van der Waals surface area contributed by atoms with E-state index >= 15 is 0 Å². The Bertz CT molecular complexity index is 570. The summed E-state index contributed by atoms with van der Waals surface area (Å²) in [6, 6.07) is 10.1. The summed E-state index contributed by atoms with van der Waals surface area (Å²) in [5, 5.41) is 0. The molecule has 2 aromatic carbocycles. The molecule has 0 heterocycles. The molecule has 0 spiro atoms. The number of rotatable bonds is 1. The number of hydrogen-bond acceptors (Lipinski definition) is 0. The van der Waals surface area contributed by atoms with Crippen LogP contribution in [0.4, 0.5) is 17.6 Å². The fraction of sp³-hybridized carbons (Fsp3) is 0.143. The van der Waals surface area contributed by atoms with Crippen molar-refractivity contribution in [2.24, 2.45) is 0 Å². The fourth-order valence-corrected chi connectivity index (χ4v) is 1.75. The minimum Gasteiger partial charge on any atom is -0.206 e. The predicted molar refractivity (Wildman–Crippen MR) is 61.6 cm³/mol. The Balaban J connectivity index is 2.54. The van der Waals surface area contributed by atoms with Crippen molar-refractivity contribution in [1.29, 1.82) is 0 Å². The average molecular weight is 254 g/mol. The maximum absolute atomic E-state index is 13.1. The Morgan fingerprint density at radius 1 is 0.889 bits per heavy atom. The molecule has 0 nitrogen and oxygen atoms in total. The third-order valence-electron chi connectivity index (χ3n) is 2.62. The molecule has 0 aliphatic carbocycles. The molecule has 0 aromatic heterocycles. The quantitative estimate of drug-likeness (QED) is 0.640. The molecule has 4 heteroatoms. The molecule has 0 amide bonds. The maximum atomic E-state index is 13.1. The number of benzene rings is 2. The van der Waals surface area contributed by atoms with Gasteiger partial charge in [-0.05, 0) is 30.2 Å². The summed E-state index contributed by atoms with van der Waals surface area (Å²) in [5.41, 5.74) is 0.694. The Labute approximate surface area is 102 Å². The van der Waals surface area contributed by atoms with E-state index < -0.39 is 17.6 Å². The summed E-state index contributed by atoms with van der Waals surface area (Å²) in [5.74, 6) is -1.25. The monoisotopic (exact) mass is 254 g/mol. The zero-order chi connectivity index (χ0) is 13.3. The van der Waals surface area contributed by atoms with Crippen LogP contribution in [-0.4, -0.2) is 0 Å². The largest absolute Gasteiger partial charge is 0.419 e. The van der Waals surface area contributed by atoms with E-state index in [1.165, 1.54) is 6.07 Å². The van der Waals surface area contributed by atoms with Crippen molar-refractivity contribution in [1.82, 2.24) is 0 Å². The zero-order valence-electron chi connectivity index (χ0n) is 9.55. The first-order valence-electron chi connectivity index (χ1n) is 5.32. The molecule has 2 rings (SSSR count). The van der Waals surface area contributed by atoms with Crippen LogP contribution in [0.3, 0.4) is 0 Å². The molecule has 0 atom stereocenters. The molecule has 0 fully saturated rings. The lowest BCUT2D eigenvalue weighted by Crippen LogP contribution is -2.08. The van der Waals surface area contributed by atoms with Gasteiger partial charge in [-0.15, -0.1) is 0 Å². The molecule has 0 bridgehead atoms. The normalized spacial score (nSPS) is 11.6. The molecule has 0 saturated heterocycles. The summed E-state index contributed by atoms with van der Waals surface area (Å²) in [7, 11) is 0. The van der Waals surface area contributed by atoms with Gasteiger partial charge in [-0.25, -0.2) is 4.39 Å². The molecular formula is C14H10F4. The fourth-order valence-electron chi connectivity index (χ4n) is 1.75. The molecular weight excluding hydrogens is 244 g/mol. The highest BCUT2D eigenvalue weighted by Crippen LogP contribution is 2.34. The van der Waals surface area contributed by atoms with Crippen LogP contribution >= 0.6 is 0 Å². The van der Waals surface area contributed by atoms with Gasteiger partial charge in [0.2, 0.25) is 0 Å². The molecule has 2 aromatic rings. The highest BCUT2D eigenvalue weighted by atomic mass is 19.4. The summed E-state index contributed by atoms with van der Waals surface area (Å²) in [6.07, 6.45) is -4.68. The van der Waals surface area contributed by atoms with Gasteiger partial charge in [-0.1, -0.05) is 35.9 Å². The van der Waals surface area contributed by atoms with E-state index in [2.05, 4.69) is 0 Å². The molecule has 0 unspecified atom stereocenters. The second kappa shape index (κ2) is 4.44. The lowest BCUT2D eigenvalue weighted by atomic mass is 10.0. The van der Waals surface area contributed by atoms with Gasteiger partial charge in [0.1, 0.15) is 5.82 Å². The Hall–Kier alpha value is -1.84. The van der Waals surface area contributed by atoms with Crippen LogP contribution in [-0.2, 0) is 6.18 Å². The Kier molecular flexibility index (Phi) is 3.11. The van der Waals surface area contributed by atoms with Gasteiger partial charge in [0, 0.05) is 0 Å². The summed E-state index contributed by atoms with van der Waals surface area (Å²) < 4.78 is 50.9. The van der Waals surface area contributed by atoms with E-state index in [1.54, 1.807) is 18.2 Å². The highest BCUT2D eigenvalue weighted by molar-refractivity contribution is 5.65. The molecule has 0 aliphatic rings. The Morgan fingerprint density at radius 3 is 2.17 bits per heavy atom. The van der Waals surface area contributed by atoms with Crippen molar-refractivity contribution in [2.75, 3.05) is 0 Å². The van der Waals surface area contributed by atoms with Crippen LogP contribution in [0.15, 0.2) is 42.5 Å². The van der Waals surface area contributed by atoms with Crippen molar-refractivity contribution < 1.29 is 17.6 Å². The van der Waals surface area contributed by atoms with Gasteiger partial charge in [0.05, 0.1) is 5.56 Å². The molecule has 0 saturated carbocycles. The average Bonchev–Trinajstić information content (AvgIpc) is 2.28. The number of halogens is 4. The SMILES string of the molecule is Cc1cccc(-c2ccc(F)c(C(F)(F)F)c2)c1.